The lowest BCUT2D eigenvalue weighted by molar-refractivity contribution is 0.796. The molecule has 0 aliphatic rings. The molecule has 0 fully saturated rings. The lowest BCUT2D eigenvalue weighted by Crippen LogP contribution is -2.38. The van der Waals surface area contributed by atoms with Crippen LogP contribution in [0, 0.1) is 6.92 Å². The van der Waals surface area contributed by atoms with Gasteiger partial charge in [-0.05, 0) is 25.5 Å². The monoisotopic (exact) mass is 369 g/mol. The van der Waals surface area contributed by atoms with E-state index in [1.54, 1.807) is 23.9 Å². The Morgan fingerprint density at radius 3 is 2.81 bits per heavy atom. The van der Waals surface area contributed by atoms with Gasteiger partial charge in [0.2, 0.25) is 0 Å². The molecule has 7 nitrogen and oxygen atoms in total. The first-order valence-electron chi connectivity index (χ1n) is 8.61. The van der Waals surface area contributed by atoms with E-state index in [1.165, 1.54) is 4.88 Å². The molecule has 0 amide bonds. The van der Waals surface area contributed by atoms with Crippen molar-refractivity contribution < 1.29 is 0 Å². The number of aryl methyl sites for hydroxylation is 1. The molecule has 3 rings (SSSR count). The van der Waals surface area contributed by atoms with Gasteiger partial charge in [-0.25, -0.2) is 19.9 Å². The Bertz CT molecular complexity index is 822. The second-order valence-corrected chi connectivity index (χ2v) is 7.05. The van der Waals surface area contributed by atoms with Crippen molar-refractivity contribution in [3.05, 3.63) is 58.7 Å². The first-order chi connectivity index (χ1) is 12.7. The Balaban J connectivity index is 1.54. The molecule has 0 saturated carbocycles. The molecule has 0 unspecified atom stereocenters. The number of imidazole rings is 1. The number of guanidine groups is 1. The van der Waals surface area contributed by atoms with Gasteiger partial charge in [0.15, 0.2) is 5.96 Å². The van der Waals surface area contributed by atoms with Crippen molar-refractivity contribution in [1.82, 2.24) is 30.2 Å². The average molecular weight is 369 g/mol. The van der Waals surface area contributed by atoms with Gasteiger partial charge in [-0.1, -0.05) is 6.07 Å². The molecule has 0 spiro atoms. The zero-order valence-corrected chi connectivity index (χ0v) is 15.8. The van der Waals surface area contributed by atoms with Gasteiger partial charge < -0.3 is 10.6 Å². The molecule has 0 bridgehead atoms. The summed E-state index contributed by atoms with van der Waals surface area (Å²) in [6, 6.07) is 4.01. The van der Waals surface area contributed by atoms with E-state index in [4.69, 9.17) is 0 Å². The number of aromatic nitrogens is 4. The van der Waals surface area contributed by atoms with Crippen molar-refractivity contribution in [2.45, 2.75) is 26.8 Å². The molecule has 0 aromatic carbocycles. The van der Waals surface area contributed by atoms with E-state index in [-0.39, 0.29) is 0 Å². The van der Waals surface area contributed by atoms with Crippen LogP contribution in [0.3, 0.4) is 0 Å². The average Bonchev–Trinajstić information content (AvgIpc) is 3.32. The van der Waals surface area contributed by atoms with E-state index in [9.17, 15) is 0 Å². The van der Waals surface area contributed by atoms with Crippen LogP contribution in [-0.4, -0.2) is 38.6 Å². The molecule has 3 heterocycles. The predicted octanol–water partition coefficient (Wildman–Crippen LogP) is 2.33. The van der Waals surface area contributed by atoms with Crippen LogP contribution in [0.25, 0.3) is 5.82 Å². The lowest BCUT2D eigenvalue weighted by Gasteiger charge is -2.10. The molecule has 0 aliphatic heterocycles. The van der Waals surface area contributed by atoms with Crippen LogP contribution in [0.2, 0.25) is 0 Å². The first-order valence-corrected chi connectivity index (χ1v) is 9.43. The lowest BCUT2D eigenvalue weighted by atomic mass is 10.3. The number of pyridine rings is 1. The molecule has 3 aromatic rings. The number of nitrogens with one attached hydrogen (secondary N) is 2. The highest BCUT2D eigenvalue weighted by atomic mass is 32.1. The molecule has 26 heavy (non-hydrogen) atoms. The minimum atomic E-state index is 0.572. The van der Waals surface area contributed by atoms with E-state index in [1.807, 2.05) is 35.3 Å². The highest BCUT2D eigenvalue weighted by molar-refractivity contribution is 7.11. The summed E-state index contributed by atoms with van der Waals surface area (Å²) in [6.45, 7) is 6.33. The maximum Gasteiger partial charge on any atom is 0.191 e. The third kappa shape index (κ3) is 5.13. The first kappa shape index (κ1) is 18.1. The third-order valence-electron chi connectivity index (χ3n) is 3.64. The fourth-order valence-corrected chi connectivity index (χ4v) is 3.16. The van der Waals surface area contributed by atoms with Gasteiger partial charge in [-0.2, -0.15) is 0 Å². The molecular weight excluding hydrogens is 346 g/mol. The summed E-state index contributed by atoms with van der Waals surface area (Å²) < 4.78 is 1.87. The van der Waals surface area contributed by atoms with Crippen molar-refractivity contribution in [1.29, 1.82) is 0 Å². The van der Waals surface area contributed by atoms with Crippen molar-refractivity contribution in [3.63, 3.8) is 0 Å². The van der Waals surface area contributed by atoms with Crippen molar-refractivity contribution >= 4 is 17.3 Å². The predicted molar refractivity (Wildman–Crippen MR) is 105 cm³/mol. The van der Waals surface area contributed by atoms with Crippen molar-refractivity contribution in [3.8, 4) is 5.82 Å². The van der Waals surface area contributed by atoms with Gasteiger partial charge in [-0.15, -0.1) is 11.3 Å². The second kappa shape index (κ2) is 9.10. The summed E-state index contributed by atoms with van der Waals surface area (Å²) in [6.07, 6.45) is 10.0. The minimum Gasteiger partial charge on any atom is -0.357 e. The van der Waals surface area contributed by atoms with Gasteiger partial charge >= 0.3 is 0 Å². The van der Waals surface area contributed by atoms with Crippen LogP contribution < -0.4 is 10.6 Å². The molecule has 0 saturated heterocycles. The van der Waals surface area contributed by atoms with Crippen molar-refractivity contribution in [2.75, 3.05) is 13.1 Å². The Kier molecular flexibility index (Phi) is 6.32. The van der Waals surface area contributed by atoms with Gasteiger partial charge in [0, 0.05) is 49.2 Å². The number of rotatable bonds is 7. The highest BCUT2D eigenvalue weighted by Gasteiger charge is 2.02. The molecule has 2 N–H and O–H groups in total. The van der Waals surface area contributed by atoms with Gasteiger partial charge in [0.25, 0.3) is 0 Å². The van der Waals surface area contributed by atoms with Gasteiger partial charge in [-0.3, -0.25) is 4.57 Å². The summed E-state index contributed by atoms with van der Waals surface area (Å²) in [4.78, 5) is 18.7. The van der Waals surface area contributed by atoms with Crippen LogP contribution in [0.5, 0.6) is 0 Å². The summed E-state index contributed by atoms with van der Waals surface area (Å²) in [5, 5.41) is 7.77. The standard InChI is InChI=1S/C18H23N7S/c1-3-20-18(21-7-6-17-23-10-14(2)26-17)24-12-15-4-5-16(22-11-15)25-9-8-19-13-25/h4-5,8-11,13H,3,6-7,12H2,1-2H3,(H2,20,21,24). The van der Waals surface area contributed by atoms with Crippen LogP contribution in [-0.2, 0) is 13.0 Å². The number of hydrogen-bond acceptors (Lipinski definition) is 5. The van der Waals surface area contributed by atoms with E-state index < -0.39 is 0 Å². The SMILES string of the molecule is CCNC(=NCc1ccc(-n2ccnc2)nc1)NCCc1ncc(C)s1. The molecule has 0 atom stereocenters. The number of thiazole rings is 1. The van der Waals surface area contributed by atoms with Crippen LogP contribution in [0.4, 0.5) is 0 Å². The molecule has 0 radical (unpaired) electrons. The largest absolute Gasteiger partial charge is 0.357 e. The summed E-state index contributed by atoms with van der Waals surface area (Å²) in [7, 11) is 0. The fourth-order valence-electron chi connectivity index (χ4n) is 2.37. The van der Waals surface area contributed by atoms with Crippen LogP contribution in [0.1, 0.15) is 22.4 Å². The Morgan fingerprint density at radius 2 is 2.15 bits per heavy atom. The van der Waals surface area contributed by atoms with Gasteiger partial charge in [0.05, 0.1) is 11.6 Å². The van der Waals surface area contributed by atoms with E-state index in [0.29, 0.717) is 6.54 Å². The topological polar surface area (TPSA) is 80.0 Å². The molecule has 0 aliphatic carbocycles. The smallest absolute Gasteiger partial charge is 0.191 e. The van der Waals surface area contributed by atoms with E-state index in [0.717, 1.165) is 41.9 Å². The summed E-state index contributed by atoms with van der Waals surface area (Å²) in [5.74, 6) is 1.65. The molecular formula is C18H23N7S. The zero-order chi connectivity index (χ0) is 18.2. The fraction of sp³-hybridized carbons (Fsp3) is 0.333. The Morgan fingerprint density at radius 1 is 1.23 bits per heavy atom. The summed E-state index contributed by atoms with van der Waals surface area (Å²) in [5.41, 5.74) is 1.06. The normalized spacial score (nSPS) is 11.5. The summed E-state index contributed by atoms with van der Waals surface area (Å²) >= 11 is 1.74. The van der Waals surface area contributed by atoms with E-state index in [2.05, 4.69) is 44.4 Å². The molecule has 136 valence electrons. The highest BCUT2D eigenvalue weighted by Crippen LogP contribution is 2.11. The molecule has 8 heteroatoms. The Hall–Kier alpha value is -2.74. The maximum absolute atomic E-state index is 4.63. The van der Waals surface area contributed by atoms with E-state index >= 15 is 0 Å². The zero-order valence-electron chi connectivity index (χ0n) is 15.0. The quantitative estimate of drug-likeness (QED) is 0.494. The number of aliphatic imine (C=N–C) groups is 1. The van der Waals surface area contributed by atoms with Crippen molar-refractivity contribution in [2.24, 2.45) is 4.99 Å². The van der Waals surface area contributed by atoms with Gasteiger partial charge in [0.1, 0.15) is 12.1 Å². The second-order valence-electron chi connectivity index (χ2n) is 5.73. The minimum absolute atomic E-state index is 0.572. The van der Waals surface area contributed by atoms with Crippen LogP contribution >= 0.6 is 11.3 Å². The Labute approximate surface area is 157 Å². The van der Waals surface area contributed by atoms with Crippen LogP contribution in [0.15, 0.2) is 48.2 Å². The third-order valence-corrected chi connectivity index (χ3v) is 4.62. The molecule has 3 aromatic heterocycles. The number of nitrogens with zero attached hydrogens (tertiary/aromatic N) is 5. The maximum atomic E-state index is 4.63. The number of hydrogen-bond donors (Lipinski definition) is 2.